The van der Waals surface area contributed by atoms with Gasteiger partial charge in [0.1, 0.15) is 0 Å². The highest BCUT2D eigenvalue weighted by Gasteiger charge is 2.06. The van der Waals surface area contributed by atoms with Gasteiger partial charge in [-0.3, -0.25) is 4.99 Å². The normalized spacial score (nSPS) is 12.5. The number of hydrogen-bond donors (Lipinski definition) is 2. The highest BCUT2D eigenvalue weighted by Crippen LogP contribution is 2.08. The summed E-state index contributed by atoms with van der Waals surface area (Å²) in [5.74, 6) is 0.878. The smallest absolute Gasteiger partial charge is 0.191 e. The van der Waals surface area contributed by atoms with Crippen molar-refractivity contribution >= 4 is 29.9 Å². The van der Waals surface area contributed by atoms with Crippen LogP contribution in [0.4, 0.5) is 0 Å². The van der Waals surface area contributed by atoms with Crippen molar-refractivity contribution in [3.63, 3.8) is 0 Å². The summed E-state index contributed by atoms with van der Waals surface area (Å²) in [6.45, 7) is 11.0. The number of nitrogens with zero attached hydrogens (tertiary/aromatic N) is 4. The Labute approximate surface area is 193 Å². The van der Waals surface area contributed by atoms with Gasteiger partial charge in [-0.15, -0.1) is 24.0 Å². The molecule has 6 nitrogen and oxygen atoms in total. The lowest BCUT2D eigenvalue weighted by atomic mass is 10.1. The Morgan fingerprint density at radius 1 is 1.21 bits per heavy atom. The first-order valence-corrected chi connectivity index (χ1v) is 10.4. The van der Waals surface area contributed by atoms with Crippen molar-refractivity contribution in [2.45, 2.75) is 46.1 Å². The van der Waals surface area contributed by atoms with Gasteiger partial charge in [-0.2, -0.15) is 5.10 Å². The van der Waals surface area contributed by atoms with E-state index in [-0.39, 0.29) is 24.0 Å². The number of halogens is 1. The van der Waals surface area contributed by atoms with Crippen LogP contribution in [-0.2, 0) is 6.42 Å². The molecule has 1 heterocycles. The van der Waals surface area contributed by atoms with Crippen molar-refractivity contribution in [1.82, 2.24) is 25.3 Å². The third-order valence-electron chi connectivity index (χ3n) is 5.02. The van der Waals surface area contributed by atoms with Crippen molar-refractivity contribution < 1.29 is 0 Å². The van der Waals surface area contributed by atoms with Gasteiger partial charge in [0.15, 0.2) is 5.96 Å². The maximum atomic E-state index is 4.36. The van der Waals surface area contributed by atoms with Crippen molar-refractivity contribution in [2.75, 3.05) is 33.2 Å². The molecular weight excluding hydrogens is 475 g/mol. The monoisotopic (exact) mass is 512 g/mol. The summed E-state index contributed by atoms with van der Waals surface area (Å²) < 4.78 is 1.87. The molecular formula is C22H37IN6. The Kier molecular flexibility index (Phi) is 12.6. The van der Waals surface area contributed by atoms with E-state index in [2.05, 4.69) is 70.7 Å². The van der Waals surface area contributed by atoms with Crippen LogP contribution in [0.25, 0.3) is 5.69 Å². The highest BCUT2D eigenvalue weighted by molar-refractivity contribution is 14.0. The van der Waals surface area contributed by atoms with Crippen LogP contribution < -0.4 is 10.6 Å². The number of nitrogens with one attached hydrogen (secondary N) is 2. The molecule has 0 aliphatic heterocycles. The van der Waals surface area contributed by atoms with Gasteiger partial charge in [0.2, 0.25) is 0 Å². The van der Waals surface area contributed by atoms with Gasteiger partial charge in [0.25, 0.3) is 0 Å². The van der Waals surface area contributed by atoms with Crippen molar-refractivity contribution in [1.29, 1.82) is 0 Å². The topological polar surface area (TPSA) is 57.5 Å². The van der Waals surface area contributed by atoms with Crippen LogP contribution in [0.2, 0.25) is 0 Å². The van der Waals surface area contributed by atoms with Crippen molar-refractivity contribution in [3.05, 3.63) is 48.3 Å². The lowest BCUT2D eigenvalue weighted by molar-refractivity contribution is 0.292. The van der Waals surface area contributed by atoms with Crippen LogP contribution in [0, 0.1) is 0 Å². The molecule has 2 N–H and O–H groups in total. The van der Waals surface area contributed by atoms with Crippen LogP contribution >= 0.6 is 24.0 Å². The maximum absolute atomic E-state index is 4.36. The second kappa shape index (κ2) is 14.4. The van der Waals surface area contributed by atoms with Gasteiger partial charge >= 0.3 is 0 Å². The van der Waals surface area contributed by atoms with Gasteiger partial charge in [0.05, 0.1) is 5.69 Å². The molecule has 1 atom stereocenters. The fraction of sp³-hybridized carbons (Fsp3) is 0.545. The molecule has 0 saturated heterocycles. The third kappa shape index (κ3) is 9.16. The van der Waals surface area contributed by atoms with Gasteiger partial charge < -0.3 is 15.5 Å². The Bertz CT molecular complexity index is 680. The zero-order valence-electron chi connectivity index (χ0n) is 18.3. The van der Waals surface area contributed by atoms with Crippen LogP contribution in [0.5, 0.6) is 0 Å². The number of benzene rings is 1. The number of guanidine groups is 1. The SMILES string of the molecule is CCN(CC)CCCC(C)NC(=NC)NCCc1ccc(-n2cccn2)cc1.I. The summed E-state index contributed by atoms with van der Waals surface area (Å²) in [6.07, 6.45) is 7.05. The summed E-state index contributed by atoms with van der Waals surface area (Å²) in [5.41, 5.74) is 2.38. The van der Waals surface area contributed by atoms with Gasteiger partial charge in [-0.25, -0.2) is 4.68 Å². The minimum Gasteiger partial charge on any atom is -0.356 e. The van der Waals surface area contributed by atoms with E-state index in [9.17, 15) is 0 Å². The molecule has 0 fully saturated rings. The number of aromatic nitrogens is 2. The number of hydrogen-bond acceptors (Lipinski definition) is 3. The van der Waals surface area contributed by atoms with Crippen LogP contribution in [-0.4, -0.2) is 59.9 Å². The lowest BCUT2D eigenvalue weighted by Crippen LogP contribution is -2.43. The summed E-state index contributed by atoms with van der Waals surface area (Å²) in [6, 6.07) is 10.9. The summed E-state index contributed by atoms with van der Waals surface area (Å²) in [4.78, 5) is 6.82. The Balaban J connectivity index is 0.00000420. The van der Waals surface area contributed by atoms with E-state index in [0.29, 0.717) is 6.04 Å². The quantitative estimate of drug-likeness (QED) is 0.274. The fourth-order valence-electron chi connectivity index (χ4n) is 3.22. The molecule has 0 amide bonds. The van der Waals surface area contributed by atoms with Crippen LogP contribution in [0.15, 0.2) is 47.7 Å². The average Bonchev–Trinajstić information content (AvgIpc) is 3.26. The first-order valence-electron chi connectivity index (χ1n) is 10.4. The third-order valence-corrected chi connectivity index (χ3v) is 5.02. The highest BCUT2D eigenvalue weighted by atomic mass is 127. The second-order valence-corrected chi connectivity index (χ2v) is 7.08. The van der Waals surface area contributed by atoms with Gasteiger partial charge in [0, 0.05) is 32.0 Å². The molecule has 1 aromatic heterocycles. The first kappa shape index (κ1) is 25.4. The van der Waals surface area contributed by atoms with E-state index < -0.39 is 0 Å². The van der Waals surface area contributed by atoms with Crippen LogP contribution in [0.1, 0.15) is 39.2 Å². The predicted octanol–water partition coefficient (Wildman–Crippen LogP) is 3.71. The minimum atomic E-state index is 0. The molecule has 0 bridgehead atoms. The van der Waals surface area contributed by atoms with E-state index in [1.165, 1.54) is 18.5 Å². The number of aliphatic imine (C=N–C) groups is 1. The van der Waals surface area contributed by atoms with Gasteiger partial charge in [-0.05, 0) is 69.6 Å². The standard InChI is InChI=1S/C22H36N6.HI/c1-5-27(6-2)17-7-9-19(3)26-22(23-4)24-16-14-20-10-12-21(13-11-20)28-18-8-15-25-28;/h8,10-13,15,18-19H,5-7,9,14,16-17H2,1-4H3,(H2,23,24,26);1H. The average molecular weight is 512 g/mol. The van der Waals surface area contributed by atoms with Gasteiger partial charge in [-0.1, -0.05) is 26.0 Å². The lowest BCUT2D eigenvalue weighted by Gasteiger charge is -2.21. The van der Waals surface area contributed by atoms with Crippen LogP contribution in [0.3, 0.4) is 0 Å². The summed E-state index contributed by atoms with van der Waals surface area (Å²) in [5, 5.41) is 11.2. The molecule has 1 aromatic carbocycles. The molecule has 0 aliphatic rings. The Morgan fingerprint density at radius 3 is 2.52 bits per heavy atom. The minimum absolute atomic E-state index is 0. The van der Waals surface area contributed by atoms with E-state index in [1.807, 2.05) is 24.0 Å². The molecule has 7 heteroatoms. The van der Waals surface area contributed by atoms with E-state index in [4.69, 9.17) is 0 Å². The van der Waals surface area contributed by atoms with E-state index in [0.717, 1.165) is 44.1 Å². The molecule has 2 rings (SSSR count). The van der Waals surface area contributed by atoms with E-state index in [1.54, 1.807) is 6.20 Å². The summed E-state index contributed by atoms with van der Waals surface area (Å²) in [7, 11) is 1.83. The number of rotatable bonds is 11. The molecule has 0 aliphatic carbocycles. The molecule has 1 unspecified atom stereocenters. The zero-order chi connectivity index (χ0) is 20.2. The Hall–Kier alpha value is -1.61. The molecule has 0 radical (unpaired) electrons. The zero-order valence-corrected chi connectivity index (χ0v) is 20.6. The predicted molar refractivity (Wildman–Crippen MR) is 134 cm³/mol. The molecule has 0 saturated carbocycles. The van der Waals surface area contributed by atoms with Crippen molar-refractivity contribution in [3.8, 4) is 5.69 Å². The van der Waals surface area contributed by atoms with Crippen molar-refractivity contribution in [2.24, 2.45) is 4.99 Å². The maximum Gasteiger partial charge on any atom is 0.191 e. The fourth-order valence-corrected chi connectivity index (χ4v) is 3.22. The van der Waals surface area contributed by atoms with E-state index >= 15 is 0 Å². The molecule has 162 valence electrons. The largest absolute Gasteiger partial charge is 0.356 e. The summed E-state index contributed by atoms with van der Waals surface area (Å²) >= 11 is 0. The second-order valence-electron chi connectivity index (χ2n) is 7.08. The molecule has 0 spiro atoms. The molecule has 2 aromatic rings. The Morgan fingerprint density at radius 2 is 1.93 bits per heavy atom. The first-order chi connectivity index (χ1) is 13.7. The molecule has 29 heavy (non-hydrogen) atoms.